The molecule has 266 valence electrons. The van der Waals surface area contributed by atoms with E-state index in [-0.39, 0.29) is 75.6 Å². The molecule has 0 bridgehead atoms. The summed E-state index contributed by atoms with van der Waals surface area (Å²) in [5.74, 6) is -0.375. The highest BCUT2D eigenvalue weighted by Crippen LogP contribution is 2.38. The average Bonchev–Trinajstić information content (AvgIpc) is 3.43. The zero-order valence-corrected chi connectivity index (χ0v) is 29.3. The third kappa shape index (κ3) is 7.94. The van der Waals surface area contributed by atoms with Crippen LogP contribution in [0.2, 0.25) is 0 Å². The first kappa shape index (κ1) is 36.3. The van der Waals surface area contributed by atoms with Crippen molar-refractivity contribution in [2.75, 3.05) is 34.0 Å². The van der Waals surface area contributed by atoms with Crippen molar-refractivity contribution in [3.05, 3.63) is 118 Å². The van der Waals surface area contributed by atoms with E-state index in [0.717, 1.165) is 16.9 Å². The molecular formula is C36H35N3O11S. The molecule has 0 fully saturated rings. The van der Waals surface area contributed by atoms with Crippen LogP contribution in [0.4, 0.5) is 5.69 Å². The molecule has 0 N–H and O–H groups in total. The van der Waals surface area contributed by atoms with Gasteiger partial charge in [0.05, 0.1) is 65.8 Å². The Balaban J connectivity index is 1.64. The van der Waals surface area contributed by atoms with Crippen molar-refractivity contribution in [3.63, 3.8) is 0 Å². The topological polar surface area (TPSA) is 167 Å². The molecule has 1 aromatic heterocycles. The fourth-order valence-corrected chi connectivity index (χ4v) is 6.41. The van der Waals surface area contributed by atoms with Gasteiger partial charge in [-0.15, -0.1) is 0 Å². The van der Waals surface area contributed by atoms with Gasteiger partial charge in [-0.3, -0.25) is 19.5 Å². The average molecular weight is 718 g/mol. The number of nitro benzene ring substituents is 1. The van der Waals surface area contributed by atoms with E-state index in [1.807, 2.05) is 30.3 Å². The van der Waals surface area contributed by atoms with E-state index in [1.165, 1.54) is 37.0 Å². The number of methoxy groups -OCH3 is 2. The summed E-state index contributed by atoms with van der Waals surface area (Å²) in [6.45, 7) is 5.18. The number of carbonyl (C=O) groups is 2. The Hall–Kier alpha value is -5.96. The Labute approximate surface area is 295 Å². The molecule has 0 spiro atoms. The van der Waals surface area contributed by atoms with E-state index in [1.54, 1.807) is 39.0 Å². The van der Waals surface area contributed by atoms with E-state index in [9.17, 15) is 24.5 Å². The minimum Gasteiger partial charge on any atom is -0.493 e. The van der Waals surface area contributed by atoms with Gasteiger partial charge in [0, 0.05) is 0 Å². The number of thiazole rings is 1. The predicted molar refractivity (Wildman–Crippen MR) is 186 cm³/mol. The standard InChI is InChI=1S/C36H35N3O11S/c1-6-47-28-15-23(13-14-26(28)50-20-31(40)46-5)33-32(35(42)48-7-2)21(3)37-36-38(33)34(41)30(51-36)17-24-16-27(45-4)29(18-25(24)39(43)44)49-19-22-11-9-8-10-12-22/h8-18,33H,6-7,19-20H2,1-5H3/b30-17-/t33-/m1/s1. The monoisotopic (exact) mass is 717 g/mol. The summed E-state index contributed by atoms with van der Waals surface area (Å²) in [6, 6.07) is 15.8. The first-order valence-corrected chi connectivity index (χ1v) is 16.6. The maximum Gasteiger partial charge on any atom is 0.343 e. The Morgan fingerprint density at radius 3 is 2.37 bits per heavy atom. The number of aromatic nitrogens is 1. The van der Waals surface area contributed by atoms with Crippen molar-refractivity contribution in [1.82, 2.24) is 4.57 Å². The molecule has 3 aromatic carbocycles. The highest BCUT2D eigenvalue weighted by Gasteiger charge is 2.34. The number of fused-ring (bicyclic) bond motifs is 1. The van der Waals surface area contributed by atoms with Gasteiger partial charge < -0.3 is 28.4 Å². The lowest BCUT2D eigenvalue weighted by molar-refractivity contribution is -0.385. The summed E-state index contributed by atoms with van der Waals surface area (Å²) in [6.07, 6.45) is 1.39. The lowest BCUT2D eigenvalue weighted by atomic mass is 9.95. The van der Waals surface area contributed by atoms with Crippen LogP contribution in [-0.4, -0.2) is 55.5 Å². The van der Waals surface area contributed by atoms with Crippen LogP contribution in [0.25, 0.3) is 6.08 Å². The summed E-state index contributed by atoms with van der Waals surface area (Å²) in [4.78, 5) is 55.9. The van der Waals surface area contributed by atoms with Crippen LogP contribution in [0.3, 0.4) is 0 Å². The maximum atomic E-state index is 14.3. The fourth-order valence-electron chi connectivity index (χ4n) is 5.37. The number of ether oxygens (including phenoxy) is 6. The van der Waals surface area contributed by atoms with Gasteiger partial charge in [-0.05, 0) is 56.2 Å². The van der Waals surface area contributed by atoms with E-state index < -0.39 is 28.5 Å². The minimum absolute atomic E-state index is 0.0772. The highest BCUT2D eigenvalue weighted by atomic mass is 32.1. The van der Waals surface area contributed by atoms with Crippen LogP contribution >= 0.6 is 11.3 Å². The molecule has 0 radical (unpaired) electrons. The molecule has 1 aliphatic heterocycles. The van der Waals surface area contributed by atoms with Crippen molar-refractivity contribution in [1.29, 1.82) is 0 Å². The van der Waals surface area contributed by atoms with E-state index in [2.05, 4.69) is 9.73 Å². The molecule has 0 unspecified atom stereocenters. The molecule has 0 amide bonds. The Morgan fingerprint density at radius 1 is 0.961 bits per heavy atom. The number of carbonyl (C=O) groups excluding carboxylic acids is 2. The fraction of sp³-hybridized carbons (Fsp3) is 0.278. The molecule has 14 nitrogen and oxygen atoms in total. The zero-order valence-electron chi connectivity index (χ0n) is 28.5. The highest BCUT2D eigenvalue weighted by molar-refractivity contribution is 7.07. The minimum atomic E-state index is -1.02. The second-order valence-corrected chi connectivity index (χ2v) is 11.9. The van der Waals surface area contributed by atoms with Gasteiger partial charge in [-0.1, -0.05) is 47.7 Å². The maximum absolute atomic E-state index is 14.3. The summed E-state index contributed by atoms with van der Waals surface area (Å²) in [5.41, 5.74) is 0.987. The van der Waals surface area contributed by atoms with E-state index in [0.29, 0.717) is 11.3 Å². The zero-order chi connectivity index (χ0) is 36.7. The smallest absolute Gasteiger partial charge is 0.343 e. The third-order valence-corrected chi connectivity index (χ3v) is 8.69. The van der Waals surface area contributed by atoms with Crippen molar-refractivity contribution in [3.8, 4) is 23.0 Å². The number of allylic oxidation sites excluding steroid dienone is 1. The van der Waals surface area contributed by atoms with Gasteiger partial charge >= 0.3 is 11.9 Å². The van der Waals surface area contributed by atoms with Gasteiger partial charge in [0.25, 0.3) is 11.2 Å². The quantitative estimate of drug-likeness (QED) is 0.104. The first-order valence-electron chi connectivity index (χ1n) is 15.8. The second-order valence-electron chi connectivity index (χ2n) is 10.9. The van der Waals surface area contributed by atoms with Gasteiger partial charge in [-0.2, -0.15) is 0 Å². The van der Waals surface area contributed by atoms with Crippen molar-refractivity contribution in [2.45, 2.75) is 33.4 Å². The number of hydrogen-bond acceptors (Lipinski definition) is 13. The molecule has 15 heteroatoms. The summed E-state index contributed by atoms with van der Waals surface area (Å²) >= 11 is 1.00. The van der Waals surface area contributed by atoms with Crippen LogP contribution in [0.1, 0.15) is 43.5 Å². The number of nitro groups is 1. The Kier molecular flexibility index (Phi) is 11.5. The van der Waals surface area contributed by atoms with E-state index >= 15 is 0 Å². The van der Waals surface area contributed by atoms with Crippen LogP contribution in [-0.2, 0) is 25.7 Å². The number of rotatable bonds is 14. The lowest BCUT2D eigenvalue weighted by Crippen LogP contribution is -2.40. The largest absolute Gasteiger partial charge is 0.493 e. The molecule has 0 aliphatic carbocycles. The molecule has 0 saturated carbocycles. The molecule has 1 aliphatic rings. The second kappa shape index (κ2) is 16.2. The first-order chi connectivity index (χ1) is 24.6. The van der Waals surface area contributed by atoms with Crippen LogP contribution in [0.15, 0.2) is 81.7 Å². The number of benzene rings is 3. The van der Waals surface area contributed by atoms with Gasteiger partial charge in [-0.25, -0.2) is 14.6 Å². The molecule has 2 heterocycles. The Bertz CT molecular complexity index is 2170. The summed E-state index contributed by atoms with van der Waals surface area (Å²) in [7, 11) is 2.65. The normalized spacial score (nSPS) is 13.9. The number of esters is 2. The predicted octanol–water partition coefficient (Wildman–Crippen LogP) is 4.24. The van der Waals surface area contributed by atoms with Gasteiger partial charge in [0.1, 0.15) is 6.61 Å². The third-order valence-electron chi connectivity index (χ3n) is 7.71. The Morgan fingerprint density at radius 2 is 1.71 bits per heavy atom. The lowest BCUT2D eigenvalue weighted by Gasteiger charge is -2.25. The number of hydrogen-bond donors (Lipinski definition) is 0. The van der Waals surface area contributed by atoms with Gasteiger partial charge in [0.15, 0.2) is 34.4 Å². The molecule has 1 atom stereocenters. The van der Waals surface area contributed by atoms with Crippen LogP contribution in [0, 0.1) is 10.1 Å². The molecule has 0 saturated heterocycles. The van der Waals surface area contributed by atoms with E-state index in [4.69, 9.17) is 23.7 Å². The molecule has 51 heavy (non-hydrogen) atoms. The van der Waals surface area contributed by atoms with Crippen LogP contribution in [0.5, 0.6) is 23.0 Å². The summed E-state index contributed by atoms with van der Waals surface area (Å²) in [5, 5.41) is 12.3. The molecule has 4 aromatic rings. The van der Waals surface area contributed by atoms with Crippen molar-refractivity contribution >= 4 is 35.0 Å². The summed E-state index contributed by atoms with van der Waals surface area (Å²) < 4.78 is 34.3. The molecule has 5 rings (SSSR count). The SMILES string of the molecule is CCOC(=O)C1=C(C)N=c2s/c(=C\c3cc(OC)c(OCc4ccccc4)cc3[N+](=O)[O-])c(=O)n2[C@@H]1c1ccc(OCC(=O)OC)c(OCC)c1. The number of nitrogens with zero attached hydrogens (tertiary/aromatic N) is 3. The van der Waals surface area contributed by atoms with Crippen molar-refractivity contribution < 1.29 is 42.9 Å². The van der Waals surface area contributed by atoms with Crippen LogP contribution < -0.4 is 33.8 Å². The van der Waals surface area contributed by atoms with Gasteiger partial charge in [0.2, 0.25) is 0 Å². The van der Waals surface area contributed by atoms with Crippen molar-refractivity contribution in [2.24, 2.45) is 4.99 Å². The molecular weight excluding hydrogens is 682 g/mol.